The number of methoxy groups -OCH3 is 2. The zero-order valence-electron chi connectivity index (χ0n) is 32.6. The number of nitrogens with one attached hydrogen (secondary N) is 4. The molecular weight excluding hydrogens is 716 g/mol. The second-order valence-electron chi connectivity index (χ2n) is 14.9. The summed E-state index contributed by atoms with van der Waals surface area (Å²) < 4.78 is 9.45. The first-order chi connectivity index (χ1) is 26.9. The average molecular weight is 767 g/mol. The molecule has 5 amide bonds. The Morgan fingerprint density at radius 1 is 0.768 bits per heavy atom. The van der Waals surface area contributed by atoms with Gasteiger partial charge in [0.1, 0.15) is 23.9 Å². The number of carbonyl (C=O) groups is 5. The minimum Gasteiger partial charge on any atom is -0.453 e. The molecular formula is C41H50N8O7. The number of H-pyrrole nitrogens is 1. The molecule has 0 aliphatic carbocycles. The molecule has 2 aliphatic heterocycles. The lowest BCUT2D eigenvalue weighted by molar-refractivity contribution is -0.139. The summed E-state index contributed by atoms with van der Waals surface area (Å²) in [5.74, 6) is -0.363. The Morgan fingerprint density at radius 3 is 2.02 bits per heavy atom. The van der Waals surface area contributed by atoms with Crippen molar-refractivity contribution in [1.29, 1.82) is 0 Å². The topological polar surface area (TPSA) is 188 Å². The molecule has 2 aromatic carbocycles. The predicted molar refractivity (Wildman–Crippen MR) is 210 cm³/mol. The van der Waals surface area contributed by atoms with E-state index in [2.05, 4.69) is 25.9 Å². The van der Waals surface area contributed by atoms with Crippen LogP contribution in [0.2, 0.25) is 0 Å². The number of amides is 5. The van der Waals surface area contributed by atoms with E-state index < -0.39 is 30.3 Å². The third-order valence-corrected chi connectivity index (χ3v) is 10.5. The summed E-state index contributed by atoms with van der Waals surface area (Å²) in [6, 6.07) is 15.0. The van der Waals surface area contributed by atoms with Crippen molar-refractivity contribution in [2.45, 2.75) is 77.5 Å². The molecule has 15 heteroatoms. The highest BCUT2D eigenvalue weighted by Gasteiger charge is 2.39. The van der Waals surface area contributed by atoms with Crippen molar-refractivity contribution >= 4 is 46.5 Å². The monoisotopic (exact) mass is 766 g/mol. The van der Waals surface area contributed by atoms with Crippen LogP contribution in [0, 0.1) is 11.8 Å². The Bertz CT molecular complexity index is 2080. The molecule has 2 aliphatic rings. The van der Waals surface area contributed by atoms with Gasteiger partial charge < -0.3 is 40.2 Å². The summed E-state index contributed by atoms with van der Waals surface area (Å²) >= 11 is 0. The summed E-state index contributed by atoms with van der Waals surface area (Å²) in [7, 11) is 2.53. The molecule has 56 heavy (non-hydrogen) atoms. The fraction of sp³-hybridized carbons (Fsp3) is 0.439. The van der Waals surface area contributed by atoms with Gasteiger partial charge >= 0.3 is 12.2 Å². The molecule has 0 radical (unpaired) electrons. The van der Waals surface area contributed by atoms with Crippen molar-refractivity contribution in [2.24, 2.45) is 11.8 Å². The van der Waals surface area contributed by atoms with Gasteiger partial charge in [-0.3, -0.25) is 14.4 Å². The van der Waals surface area contributed by atoms with Crippen molar-refractivity contribution in [1.82, 2.24) is 35.4 Å². The van der Waals surface area contributed by atoms with Crippen LogP contribution >= 0.6 is 0 Å². The molecule has 2 aromatic heterocycles. The van der Waals surface area contributed by atoms with E-state index in [4.69, 9.17) is 14.5 Å². The fourth-order valence-corrected chi connectivity index (χ4v) is 7.44. The number of hydrogen-bond acceptors (Lipinski definition) is 9. The van der Waals surface area contributed by atoms with Crippen LogP contribution in [0.15, 0.2) is 60.8 Å². The van der Waals surface area contributed by atoms with Gasteiger partial charge in [-0.05, 0) is 67.3 Å². The molecule has 4 heterocycles. The second-order valence-corrected chi connectivity index (χ2v) is 14.9. The van der Waals surface area contributed by atoms with Gasteiger partial charge in [0.2, 0.25) is 17.7 Å². The molecule has 0 saturated carbocycles. The van der Waals surface area contributed by atoms with E-state index in [1.165, 1.54) is 14.2 Å². The first-order valence-corrected chi connectivity index (χ1v) is 19.1. The molecule has 0 bridgehead atoms. The summed E-state index contributed by atoms with van der Waals surface area (Å²) in [5, 5.41) is 9.11. The van der Waals surface area contributed by atoms with Gasteiger partial charge in [-0.25, -0.2) is 19.6 Å². The lowest BCUT2D eigenvalue weighted by Crippen LogP contribution is -2.54. The Kier molecular flexibility index (Phi) is 12.2. The van der Waals surface area contributed by atoms with E-state index >= 15 is 0 Å². The first-order valence-electron chi connectivity index (χ1n) is 19.1. The molecule has 296 valence electrons. The summed E-state index contributed by atoms with van der Waals surface area (Å²) in [6.45, 7) is 8.45. The lowest BCUT2D eigenvalue weighted by atomic mass is 10.0. The van der Waals surface area contributed by atoms with Crippen LogP contribution in [-0.4, -0.2) is 100 Å². The smallest absolute Gasteiger partial charge is 0.407 e. The normalized spacial score (nSPS) is 17.9. The van der Waals surface area contributed by atoms with Crippen molar-refractivity contribution in [2.75, 3.05) is 32.6 Å². The Hall–Kier alpha value is -5.99. The van der Waals surface area contributed by atoms with Gasteiger partial charge in [-0.15, -0.1) is 0 Å². The third-order valence-electron chi connectivity index (χ3n) is 10.5. The maximum absolute atomic E-state index is 13.5. The SMILES string of the molecule is COC(=O)NC(C(=O)N1CCCC1C(=O)Nc1ccc2nc(-c3ccc(-c4cnc(C5CCCN5C(=O)C(NC(=O)OC)C(C)C)[nH]4)cc3)ccc2c1)C(C)C. The zero-order valence-corrected chi connectivity index (χ0v) is 32.6. The highest BCUT2D eigenvalue weighted by atomic mass is 16.5. The largest absolute Gasteiger partial charge is 0.453 e. The molecule has 15 nitrogen and oxygen atoms in total. The van der Waals surface area contributed by atoms with Crippen LogP contribution in [0.5, 0.6) is 0 Å². The van der Waals surface area contributed by atoms with Gasteiger partial charge in [0.15, 0.2) is 0 Å². The average Bonchev–Trinajstić information content (AvgIpc) is 4.00. The maximum Gasteiger partial charge on any atom is 0.407 e. The number of ether oxygens (including phenoxy) is 2. The van der Waals surface area contributed by atoms with Crippen LogP contribution in [0.3, 0.4) is 0 Å². The van der Waals surface area contributed by atoms with Crippen LogP contribution < -0.4 is 16.0 Å². The molecule has 4 N–H and O–H groups in total. The molecule has 2 fully saturated rings. The Labute approximate surface area is 325 Å². The summed E-state index contributed by atoms with van der Waals surface area (Å²) in [5.41, 5.74) is 4.81. The number of nitrogens with zero attached hydrogens (tertiary/aromatic N) is 4. The summed E-state index contributed by atoms with van der Waals surface area (Å²) in [6.07, 6.45) is 3.24. The van der Waals surface area contributed by atoms with Crippen LogP contribution in [-0.2, 0) is 23.9 Å². The van der Waals surface area contributed by atoms with Gasteiger partial charge in [-0.1, -0.05) is 58.0 Å². The highest BCUT2D eigenvalue weighted by molar-refractivity contribution is 6.00. The molecule has 4 unspecified atom stereocenters. The van der Waals surface area contributed by atoms with E-state index in [1.807, 2.05) is 76.2 Å². The lowest BCUT2D eigenvalue weighted by Gasteiger charge is -2.30. The molecule has 0 spiro atoms. The number of alkyl carbamates (subject to hydrolysis) is 2. The van der Waals surface area contributed by atoms with E-state index in [0.29, 0.717) is 37.4 Å². The van der Waals surface area contributed by atoms with Crippen molar-refractivity contribution in [3.63, 3.8) is 0 Å². The number of likely N-dealkylation sites (tertiary alicyclic amines) is 2. The number of rotatable bonds is 11. The van der Waals surface area contributed by atoms with Crippen molar-refractivity contribution in [3.8, 4) is 22.5 Å². The second kappa shape index (κ2) is 17.2. The first kappa shape index (κ1) is 39.7. The van der Waals surface area contributed by atoms with Gasteiger partial charge in [0.25, 0.3) is 0 Å². The number of anilines is 1. The van der Waals surface area contributed by atoms with Crippen molar-refractivity contribution < 1.29 is 33.4 Å². The minimum absolute atomic E-state index is 0.118. The Balaban J connectivity index is 1.11. The molecule has 2 saturated heterocycles. The maximum atomic E-state index is 13.5. The van der Waals surface area contributed by atoms with E-state index in [1.54, 1.807) is 22.1 Å². The van der Waals surface area contributed by atoms with Crippen molar-refractivity contribution in [3.05, 3.63) is 66.6 Å². The number of aromatic nitrogens is 3. The number of carbonyl (C=O) groups excluding carboxylic acids is 5. The number of aromatic amines is 1. The van der Waals surface area contributed by atoms with E-state index in [9.17, 15) is 24.0 Å². The number of pyridine rings is 1. The zero-order chi connectivity index (χ0) is 40.1. The molecule has 4 atom stereocenters. The highest BCUT2D eigenvalue weighted by Crippen LogP contribution is 2.33. The molecule has 4 aromatic rings. The van der Waals surface area contributed by atoms with Gasteiger partial charge in [0.05, 0.1) is 43.4 Å². The predicted octanol–water partition coefficient (Wildman–Crippen LogP) is 5.65. The quantitative estimate of drug-likeness (QED) is 0.150. The minimum atomic E-state index is -0.805. The van der Waals surface area contributed by atoms with Crippen LogP contribution in [0.4, 0.5) is 15.3 Å². The van der Waals surface area contributed by atoms with E-state index in [-0.39, 0.29) is 35.6 Å². The number of benzene rings is 2. The Morgan fingerprint density at radius 2 is 1.38 bits per heavy atom. The number of hydrogen-bond donors (Lipinski definition) is 4. The summed E-state index contributed by atoms with van der Waals surface area (Å²) in [4.78, 5) is 80.5. The van der Waals surface area contributed by atoms with Crippen LogP contribution in [0.25, 0.3) is 33.4 Å². The number of imidazole rings is 1. The van der Waals surface area contributed by atoms with E-state index in [0.717, 1.165) is 46.3 Å². The van der Waals surface area contributed by atoms with Gasteiger partial charge in [-0.2, -0.15) is 0 Å². The fourth-order valence-electron chi connectivity index (χ4n) is 7.44. The van der Waals surface area contributed by atoms with Gasteiger partial charge in [0, 0.05) is 29.7 Å². The standard InChI is InChI=1S/C41H50N8O7/c1-23(2)34(46-40(53)55-5)38(51)48-19-7-9-32(48)36-42-22-31(45-36)26-13-11-25(12-14-26)29-17-15-27-21-28(16-18-30(27)44-29)43-37(50)33-10-8-20-49(33)39(52)35(24(3)4)47-41(54)56-6/h11-18,21-24,32-35H,7-10,19-20H2,1-6H3,(H,42,45)(H,43,50)(H,46,53)(H,47,54). The molecule has 6 rings (SSSR count). The third kappa shape index (κ3) is 8.61. The van der Waals surface area contributed by atoms with Crippen LogP contribution in [0.1, 0.15) is 65.2 Å². The number of fused-ring (bicyclic) bond motifs is 1.